The van der Waals surface area contributed by atoms with Crippen LogP contribution in [0.15, 0.2) is 0 Å². The van der Waals surface area contributed by atoms with Gasteiger partial charge in [0.1, 0.15) is 6.04 Å². The van der Waals surface area contributed by atoms with Crippen LogP contribution in [0.3, 0.4) is 0 Å². The first kappa shape index (κ1) is 20.9. The predicted octanol–water partition coefficient (Wildman–Crippen LogP) is 2.59. The van der Waals surface area contributed by atoms with E-state index in [4.69, 9.17) is 0 Å². The zero-order valence-corrected chi connectivity index (χ0v) is 17.8. The van der Waals surface area contributed by atoms with Crippen LogP contribution in [0.1, 0.15) is 58.8 Å². The summed E-state index contributed by atoms with van der Waals surface area (Å²) in [5.41, 5.74) is -0.185. The molecule has 27 heavy (non-hydrogen) atoms. The Balaban J connectivity index is 0.00000210. The van der Waals surface area contributed by atoms with Gasteiger partial charge >= 0.3 is 0 Å². The Morgan fingerprint density at radius 3 is 2.07 bits per heavy atom. The first-order chi connectivity index (χ1) is 12.4. The number of hydrogen-bond donors (Lipinski definition) is 2. The van der Waals surface area contributed by atoms with E-state index in [-0.39, 0.29) is 41.6 Å². The van der Waals surface area contributed by atoms with Crippen LogP contribution in [0, 0.1) is 29.1 Å². The topological polar surface area (TPSA) is 61.4 Å². The van der Waals surface area contributed by atoms with E-state index in [2.05, 4.69) is 10.6 Å². The standard InChI is InChI=1S/C21H35N3O2.ClH/c1-13(2)18(19(25)24(3)17-4-5-22-12-17)23-20(26)21-9-14-6-15(10-21)8-16(7-14)11-21;/h13-18,22H,4-12H2,1-3H3,(H,23,26);1H. The molecule has 0 radical (unpaired) electrons. The van der Waals surface area contributed by atoms with Gasteiger partial charge in [-0.1, -0.05) is 13.8 Å². The minimum Gasteiger partial charge on any atom is -0.344 e. The molecule has 4 aliphatic carbocycles. The third-order valence-electron chi connectivity index (χ3n) is 7.67. The first-order valence-corrected chi connectivity index (χ1v) is 10.7. The fraction of sp³-hybridized carbons (Fsp3) is 0.905. The van der Waals surface area contributed by atoms with Gasteiger partial charge in [-0.25, -0.2) is 0 Å². The molecule has 0 spiro atoms. The van der Waals surface area contributed by atoms with Crippen LogP contribution in [0.25, 0.3) is 0 Å². The maximum atomic E-state index is 13.4. The van der Waals surface area contributed by atoms with Gasteiger partial charge in [0.25, 0.3) is 0 Å². The van der Waals surface area contributed by atoms with Crippen molar-refractivity contribution in [3.63, 3.8) is 0 Å². The molecule has 5 aliphatic rings. The highest BCUT2D eigenvalue weighted by atomic mass is 35.5. The highest BCUT2D eigenvalue weighted by molar-refractivity contribution is 5.90. The van der Waals surface area contributed by atoms with E-state index >= 15 is 0 Å². The lowest BCUT2D eigenvalue weighted by molar-refractivity contribution is -0.150. The number of nitrogens with zero attached hydrogens (tertiary/aromatic N) is 1. The van der Waals surface area contributed by atoms with Crippen molar-refractivity contribution >= 4 is 24.2 Å². The minimum atomic E-state index is -0.402. The van der Waals surface area contributed by atoms with Crippen molar-refractivity contribution in [1.82, 2.24) is 15.5 Å². The first-order valence-electron chi connectivity index (χ1n) is 10.7. The van der Waals surface area contributed by atoms with Gasteiger partial charge in [0, 0.05) is 25.0 Å². The number of rotatable bonds is 5. The molecule has 2 N–H and O–H groups in total. The van der Waals surface area contributed by atoms with Gasteiger partial charge in [-0.15, -0.1) is 12.4 Å². The summed E-state index contributed by atoms with van der Waals surface area (Å²) < 4.78 is 0. The maximum absolute atomic E-state index is 13.4. The van der Waals surface area contributed by atoms with Crippen LogP contribution in [-0.4, -0.2) is 48.9 Å². The molecular formula is C21H36ClN3O2. The molecule has 4 bridgehead atoms. The fourth-order valence-corrected chi connectivity index (χ4v) is 6.57. The van der Waals surface area contributed by atoms with Crippen LogP contribution in [-0.2, 0) is 9.59 Å². The van der Waals surface area contributed by atoms with Crippen molar-refractivity contribution in [2.75, 3.05) is 20.1 Å². The van der Waals surface area contributed by atoms with Crippen LogP contribution in [0.2, 0.25) is 0 Å². The summed E-state index contributed by atoms with van der Waals surface area (Å²) in [6, 6.07) is -0.152. The van der Waals surface area contributed by atoms with Gasteiger partial charge < -0.3 is 15.5 Å². The Morgan fingerprint density at radius 1 is 1.07 bits per heavy atom. The SMILES string of the molecule is CC(C)C(NC(=O)C12CC3CC(CC(C3)C1)C2)C(=O)N(C)C1CCNC1.Cl. The van der Waals surface area contributed by atoms with E-state index in [1.165, 1.54) is 19.3 Å². The second kappa shape index (κ2) is 7.90. The second-order valence-corrected chi connectivity index (χ2v) is 9.99. The summed E-state index contributed by atoms with van der Waals surface area (Å²) >= 11 is 0. The van der Waals surface area contributed by atoms with Crippen molar-refractivity contribution in [2.24, 2.45) is 29.1 Å². The molecule has 0 aromatic rings. The fourth-order valence-electron chi connectivity index (χ4n) is 6.57. The van der Waals surface area contributed by atoms with Crippen molar-refractivity contribution in [3.8, 4) is 0 Å². The number of nitrogens with one attached hydrogen (secondary N) is 2. The summed E-state index contributed by atoms with van der Waals surface area (Å²) in [4.78, 5) is 28.3. The lowest BCUT2D eigenvalue weighted by Gasteiger charge is -2.56. The normalized spacial score (nSPS) is 37.8. The van der Waals surface area contributed by atoms with Gasteiger partial charge in [0.2, 0.25) is 11.8 Å². The van der Waals surface area contributed by atoms with Crippen molar-refractivity contribution in [2.45, 2.75) is 70.9 Å². The number of carbonyl (C=O) groups is 2. The van der Waals surface area contributed by atoms with Gasteiger partial charge in [-0.2, -0.15) is 0 Å². The highest BCUT2D eigenvalue weighted by Crippen LogP contribution is 2.60. The molecule has 0 aromatic heterocycles. The monoisotopic (exact) mass is 397 g/mol. The van der Waals surface area contributed by atoms with E-state index in [1.54, 1.807) is 0 Å². The third-order valence-corrected chi connectivity index (χ3v) is 7.67. The smallest absolute Gasteiger partial charge is 0.245 e. The largest absolute Gasteiger partial charge is 0.344 e. The summed E-state index contributed by atoms with van der Waals surface area (Å²) in [6.07, 6.45) is 8.13. The van der Waals surface area contributed by atoms with Gasteiger partial charge in [0.05, 0.1) is 0 Å². The lowest BCUT2D eigenvalue weighted by atomic mass is 9.49. The van der Waals surface area contributed by atoms with Gasteiger partial charge in [0.15, 0.2) is 0 Å². The quantitative estimate of drug-likeness (QED) is 0.749. The summed E-state index contributed by atoms with van der Waals surface area (Å²) in [5.74, 6) is 2.58. The molecule has 1 saturated heterocycles. The van der Waals surface area contributed by atoms with Gasteiger partial charge in [-0.05, 0) is 75.2 Å². The summed E-state index contributed by atoms with van der Waals surface area (Å²) in [7, 11) is 1.90. The Bertz CT molecular complexity index is 538. The summed E-state index contributed by atoms with van der Waals surface area (Å²) in [6.45, 7) is 5.91. The third kappa shape index (κ3) is 3.87. The predicted molar refractivity (Wildman–Crippen MR) is 109 cm³/mol. The Labute approximate surface area is 169 Å². The molecule has 4 saturated carbocycles. The molecule has 2 amide bonds. The number of likely N-dealkylation sites (N-methyl/N-ethyl adjacent to an activating group) is 1. The molecule has 5 fully saturated rings. The lowest BCUT2D eigenvalue weighted by Crippen LogP contribution is -2.59. The molecule has 1 aliphatic heterocycles. The average Bonchev–Trinajstić information content (AvgIpc) is 3.11. The van der Waals surface area contributed by atoms with Crippen molar-refractivity contribution in [3.05, 3.63) is 0 Å². The number of amides is 2. The Morgan fingerprint density at radius 2 is 1.63 bits per heavy atom. The van der Waals surface area contributed by atoms with E-state index in [0.29, 0.717) is 0 Å². The van der Waals surface area contributed by atoms with Crippen molar-refractivity contribution < 1.29 is 9.59 Å². The zero-order valence-electron chi connectivity index (χ0n) is 17.0. The number of hydrogen-bond acceptors (Lipinski definition) is 3. The average molecular weight is 398 g/mol. The minimum absolute atomic E-state index is 0. The van der Waals surface area contributed by atoms with Gasteiger partial charge in [-0.3, -0.25) is 9.59 Å². The van der Waals surface area contributed by atoms with E-state index in [9.17, 15) is 9.59 Å². The molecule has 2 atom stereocenters. The van der Waals surface area contributed by atoms with Crippen LogP contribution < -0.4 is 10.6 Å². The maximum Gasteiger partial charge on any atom is 0.245 e. The van der Waals surface area contributed by atoms with Crippen LogP contribution >= 0.6 is 12.4 Å². The molecule has 5 rings (SSSR count). The van der Waals surface area contributed by atoms with Crippen LogP contribution in [0.4, 0.5) is 0 Å². The summed E-state index contributed by atoms with van der Waals surface area (Å²) in [5, 5.41) is 6.55. The highest BCUT2D eigenvalue weighted by Gasteiger charge is 2.55. The van der Waals surface area contributed by atoms with Crippen LogP contribution in [0.5, 0.6) is 0 Å². The Kier molecular flexibility index (Phi) is 6.12. The zero-order chi connectivity index (χ0) is 18.5. The van der Waals surface area contributed by atoms with E-state index in [1.807, 2.05) is 25.8 Å². The van der Waals surface area contributed by atoms with Crippen molar-refractivity contribution in [1.29, 1.82) is 0 Å². The Hall–Kier alpha value is -0.810. The molecule has 6 heteroatoms. The second-order valence-electron chi connectivity index (χ2n) is 9.99. The molecule has 154 valence electrons. The molecule has 0 aromatic carbocycles. The molecule has 1 heterocycles. The molecule has 5 nitrogen and oxygen atoms in total. The van der Waals surface area contributed by atoms with E-state index < -0.39 is 6.04 Å². The molecule has 2 unspecified atom stereocenters. The van der Waals surface area contributed by atoms with E-state index in [0.717, 1.165) is 56.5 Å². The number of carbonyl (C=O) groups excluding carboxylic acids is 2. The number of halogens is 1. The molecular weight excluding hydrogens is 362 g/mol.